The van der Waals surface area contributed by atoms with Crippen molar-refractivity contribution in [1.29, 1.82) is 0 Å². The van der Waals surface area contributed by atoms with E-state index in [1.807, 2.05) is 47.4 Å². The van der Waals surface area contributed by atoms with Gasteiger partial charge in [-0.25, -0.2) is 0 Å². The van der Waals surface area contributed by atoms with Crippen molar-refractivity contribution in [3.05, 3.63) is 66.2 Å². The molecule has 2 heterocycles. The number of hydrogen-bond donors (Lipinski definition) is 1. The van der Waals surface area contributed by atoms with E-state index in [2.05, 4.69) is 21.9 Å². The van der Waals surface area contributed by atoms with Gasteiger partial charge in [-0.05, 0) is 29.7 Å². The molecule has 0 radical (unpaired) electrons. The Hall–Kier alpha value is -3.05. The molecule has 0 atom stereocenters. The van der Waals surface area contributed by atoms with Gasteiger partial charge < -0.3 is 10.0 Å². The second kappa shape index (κ2) is 6.28. The van der Waals surface area contributed by atoms with Crippen LogP contribution >= 0.6 is 0 Å². The Morgan fingerprint density at radius 3 is 2.30 bits per heavy atom. The van der Waals surface area contributed by atoms with Crippen LogP contribution in [-0.2, 0) is 0 Å². The summed E-state index contributed by atoms with van der Waals surface area (Å²) in [7, 11) is 0. The van der Waals surface area contributed by atoms with Gasteiger partial charge >= 0.3 is 0 Å². The van der Waals surface area contributed by atoms with E-state index in [4.69, 9.17) is 0 Å². The SMILES string of the molecule is O=C1c2cccc3cccc(c23)N1CN1CCN(c2ccccc2O)CC1. The molecule has 5 rings (SSSR count). The van der Waals surface area contributed by atoms with E-state index in [9.17, 15) is 9.90 Å². The Bertz CT molecular complexity index is 1020. The van der Waals surface area contributed by atoms with Crippen molar-refractivity contribution in [2.75, 3.05) is 42.6 Å². The molecule has 0 unspecified atom stereocenters. The number of hydrogen-bond acceptors (Lipinski definition) is 4. The maximum Gasteiger partial charge on any atom is 0.260 e. The van der Waals surface area contributed by atoms with Gasteiger partial charge in [0.2, 0.25) is 0 Å². The molecular weight excluding hydrogens is 338 g/mol. The van der Waals surface area contributed by atoms with Gasteiger partial charge in [0.15, 0.2) is 0 Å². The average molecular weight is 359 g/mol. The number of rotatable bonds is 3. The number of benzene rings is 3. The van der Waals surface area contributed by atoms with Crippen LogP contribution in [0.3, 0.4) is 0 Å². The Morgan fingerprint density at radius 2 is 1.52 bits per heavy atom. The molecule has 0 aromatic heterocycles. The topological polar surface area (TPSA) is 47.0 Å². The molecule has 0 bridgehead atoms. The molecular formula is C22H21N3O2. The minimum Gasteiger partial charge on any atom is -0.506 e. The van der Waals surface area contributed by atoms with Gasteiger partial charge in [0.25, 0.3) is 5.91 Å². The smallest absolute Gasteiger partial charge is 0.260 e. The van der Waals surface area contributed by atoms with Gasteiger partial charge in [-0.1, -0.05) is 36.4 Å². The first kappa shape index (κ1) is 16.1. The highest BCUT2D eigenvalue weighted by atomic mass is 16.3. The number of carbonyl (C=O) groups excluding carboxylic acids is 1. The minimum absolute atomic E-state index is 0.0879. The summed E-state index contributed by atoms with van der Waals surface area (Å²) in [6.07, 6.45) is 0. The fraction of sp³-hybridized carbons (Fsp3) is 0.227. The van der Waals surface area contributed by atoms with Gasteiger partial charge in [0, 0.05) is 37.1 Å². The van der Waals surface area contributed by atoms with E-state index in [1.54, 1.807) is 6.07 Å². The first-order valence-corrected chi connectivity index (χ1v) is 9.31. The minimum atomic E-state index is 0.0879. The molecule has 1 saturated heterocycles. The van der Waals surface area contributed by atoms with E-state index in [0.29, 0.717) is 12.4 Å². The quantitative estimate of drug-likeness (QED) is 0.780. The van der Waals surface area contributed by atoms with Crippen LogP contribution in [0, 0.1) is 0 Å². The lowest BCUT2D eigenvalue weighted by Crippen LogP contribution is -2.50. The highest BCUT2D eigenvalue weighted by Crippen LogP contribution is 2.37. The lowest BCUT2D eigenvalue weighted by Gasteiger charge is -2.38. The first-order chi connectivity index (χ1) is 13.2. The van der Waals surface area contributed by atoms with Gasteiger partial charge in [-0.3, -0.25) is 14.6 Å². The van der Waals surface area contributed by atoms with Gasteiger partial charge in [0.1, 0.15) is 5.75 Å². The zero-order valence-corrected chi connectivity index (χ0v) is 15.0. The molecule has 3 aromatic carbocycles. The van der Waals surface area contributed by atoms with Crippen LogP contribution in [0.15, 0.2) is 60.7 Å². The summed E-state index contributed by atoms with van der Waals surface area (Å²) in [6.45, 7) is 3.96. The molecule has 0 spiro atoms. The van der Waals surface area contributed by atoms with Crippen molar-refractivity contribution in [3.63, 3.8) is 0 Å². The maximum atomic E-state index is 12.9. The molecule has 136 valence electrons. The number of piperazine rings is 1. The van der Waals surface area contributed by atoms with E-state index in [1.165, 1.54) is 0 Å². The fourth-order valence-corrected chi connectivity index (χ4v) is 4.18. The zero-order chi connectivity index (χ0) is 18.4. The average Bonchev–Trinajstić information content (AvgIpc) is 2.97. The molecule has 2 aliphatic heterocycles. The summed E-state index contributed by atoms with van der Waals surface area (Å²) in [6, 6.07) is 19.5. The summed E-state index contributed by atoms with van der Waals surface area (Å²) in [5.41, 5.74) is 2.69. The van der Waals surface area contributed by atoms with Crippen LogP contribution in [0.2, 0.25) is 0 Å². The van der Waals surface area contributed by atoms with Crippen molar-refractivity contribution in [2.45, 2.75) is 0 Å². The number of anilines is 2. The predicted molar refractivity (Wildman–Crippen MR) is 108 cm³/mol. The molecule has 1 amide bonds. The number of phenolic OH excluding ortho intramolecular Hbond substituents is 1. The Morgan fingerprint density at radius 1 is 0.815 bits per heavy atom. The highest BCUT2D eigenvalue weighted by Gasteiger charge is 2.31. The van der Waals surface area contributed by atoms with Crippen molar-refractivity contribution >= 4 is 28.1 Å². The Balaban J connectivity index is 1.33. The number of nitrogens with zero attached hydrogens (tertiary/aromatic N) is 3. The number of aromatic hydroxyl groups is 1. The van der Waals surface area contributed by atoms with Crippen LogP contribution < -0.4 is 9.80 Å². The number of amides is 1. The third-order valence-corrected chi connectivity index (χ3v) is 5.59. The summed E-state index contributed by atoms with van der Waals surface area (Å²) < 4.78 is 0. The van der Waals surface area contributed by atoms with Crippen molar-refractivity contribution in [2.24, 2.45) is 0 Å². The molecule has 0 saturated carbocycles. The third-order valence-electron chi connectivity index (χ3n) is 5.59. The van der Waals surface area contributed by atoms with Crippen LogP contribution in [0.4, 0.5) is 11.4 Å². The largest absolute Gasteiger partial charge is 0.506 e. The zero-order valence-electron chi connectivity index (χ0n) is 15.0. The molecule has 27 heavy (non-hydrogen) atoms. The van der Waals surface area contributed by atoms with Gasteiger partial charge in [-0.15, -0.1) is 0 Å². The maximum absolute atomic E-state index is 12.9. The van der Waals surface area contributed by atoms with Crippen LogP contribution in [0.5, 0.6) is 5.75 Å². The van der Waals surface area contributed by atoms with Crippen molar-refractivity contribution < 1.29 is 9.90 Å². The number of phenols is 1. The molecule has 1 N–H and O–H groups in total. The van der Waals surface area contributed by atoms with E-state index >= 15 is 0 Å². The second-order valence-electron chi connectivity index (χ2n) is 7.15. The van der Waals surface area contributed by atoms with Crippen molar-refractivity contribution in [3.8, 4) is 5.75 Å². The lowest BCUT2D eigenvalue weighted by atomic mass is 10.1. The van der Waals surface area contributed by atoms with E-state index in [-0.39, 0.29) is 5.91 Å². The van der Waals surface area contributed by atoms with Crippen LogP contribution in [0.25, 0.3) is 10.8 Å². The second-order valence-corrected chi connectivity index (χ2v) is 7.15. The third kappa shape index (κ3) is 2.62. The molecule has 1 fully saturated rings. The monoisotopic (exact) mass is 359 g/mol. The number of carbonyl (C=O) groups is 1. The lowest BCUT2D eigenvalue weighted by molar-refractivity contribution is 0.0972. The van der Waals surface area contributed by atoms with Crippen molar-refractivity contribution in [1.82, 2.24) is 4.90 Å². The highest BCUT2D eigenvalue weighted by molar-refractivity contribution is 6.24. The molecule has 3 aromatic rings. The standard InChI is InChI=1S/C22H21N3O2/c26-20-10-2-1-8-18(20)24-13-11-23(12-14-24)15-25-19-9-4-6-16-5-3-7-17(21(16)19)22(25)27/h1-10,26H,11-15H2. The van der Waals surface area contributed by atoms with Gasteiger partial charge in [0.05, 0.1) is 18.0 Å². The summed E-state index contributed by atoms with van der Waals surface area (Å²) >= 11 is 0. The van der Waals surface area contributed by atoms with E-state index in [0.717, 1.165) is 53.9 Å². The fourth-order valence-electron chi connectivity index (χ4n) is 4.18. The van der Waals surface area contributed by atoms with Crippen LogP contribution in [0.1, 0.15) is 10.4 Å². The predicted octanol–water partition coefficient (Wildman–Crippen LogP) is 3.29. The Kier molecular flexibility index (Phi) is 3.76. The van der Waals surface area contributed by atoms with Gasteiger partial charge in [-0.2, -0.15) is 0 Å². The first-order valence-electron chi connectivity index (χ1n) is 9.31. The summed E-state index contributed by atoms with van der Waals surface area (Å²) in [5, 5.41) is 12.3. The number of para-hydroxylation sites is 2. The normalized spacial score (nSPS) is 17.1. The molecule has 2 aliphatic rings. The molecule has 0 aliphatic carbocycles. The summed E-state index contributed by atoms with van der Waals surface area (Å²) in [5.74, 6) is 0.410. The summed E-state index contributed by atoms with van der Waals surface area (Å²) in [4.78, 5) is 19.3. The molecule has 5 heteroatoms. The molecule has 5 nitrogen and oxygen atoms in total. The van der Waals surface area contributed by atoms with Crippen LogP contribution in [-0.4, -0.2) is 48.8 Å². The van der Waals surface area contributed by atoms with E-state index < -0.39 is 0 Å². The Labute approximate surface area is 158 Å².